The van der Waals surface area contributed by atoms with Crippen LogP contribution in [0.5, 0.6) is 5.75 Å². The molecule has 234 valence electrons. The number of piperidine rings is 1. The fraction of sp³-hybridized carbons (Fsp3) is 0.824. The van der Waals surface area contributed by atoms with Gasteiger partial charge in [0.05, 0.1) is 32.0 Å². The van der Waals surface area contributed by atoms with Crippen LogP contribution in [0.2, 0.25) is 0 Å². The molecular weight excluding hydrogens is 518 g/mol. The molecule has 0 saturated carbocycles. The maximum atomic E-state index is 6.87. The first-order chi connectivity index (χ1) is 19.6. The Hall–Kier alpha value is -1.22. The summed E-state index contributed by atoms with van der Waals surface area (Å²) in [6.45, 7) is 20.0. The van der Waals surface area contributed by atoms with E-state index in [1.807, 2.05) is 12.1 Å². The molecule has 4 rings (SSSR count). The van der Waals surface area contributed by atoms with Crippen molar-refractivity contribution in [3.63, 3.8) is 0 Å². The Morgan fingerprint density at radius 3 is 2.20 bits per heavy atom. The molecule has 0 radical (unpaired) electrons. The van der Waals surface area contributed by atoms with Crippen LogP contribution in [0.25, 0.3) is 0 Å². The molecule has 0 amide bonds. The summed E-state index contributed by atoms with van der Waals surface area (Å²) in [5.41, 5.74) is 0.564. The fourth-order valence-corrected chi connectivity index (χ4v) is 6.62. The van der Waals surface area contributed by atoms with Crippen molar-refractivity contribution >= 4 is 0 Å². The van der Waals surface area contributed by atoms with Gasteiger partial charge in [-0.05, 0) is 64.2 Å². The monoisotopic (exact) mass is 575 g/mol. The van der Waals surface area contributed by atoms with Crippen LogP contribution >= 0.6 is 0 Å². The predicted molar refractivity (Wildman–Crippen MR) is 162 cm³/mol. The summed E-state index contributed by atoms with van der Waals surface area (Å²) in [6, 6.07) is 8.27. The summed E-state index contributed by atoms with van der Waals surface area (Å²) >= 11 is 0. The van der Waals surface area contributed by atoms with Crippen LogP contribution in [-0.2, 0) is 23.8 Å². The first-order valence-electron chi connectivity index (χ1n) is 16.3. The van der Waals surface area contributed by atoms with Crippen LogP contribution in [0.1, 0.15) is 118 Å². The minimum Gasteiger partial charge on any atom is -0.491 e. The van der Waals surface area contributed by atoms with Gasteiger partial charge in [0.1, 0.15) is 24.6 Å². The van der Waals surface area contributed by atoms with Crippen molar-refractivity contribution < 1.29 is 28.5 Å². The van der Waals surface area contributed by atoms with E-state index < -0.39 is 5.79 Å². The molecule has 0 N–H and O–H groups in total. The van der Waals surface area contributed by atoms with Crippen LogP contribution in [0.3, 0.4) is 0 Å². The van der Waals surface area contributed by atoms with Gasteiger partial charge in [-0.25, -0.2) is 0 Å². The van der Waals surface area contributed by atoms with Crippen molar-refractivity contribution in [2.75, 3.05) is 39.6 Å². The van der Waals surface area contributed by atoms with Crippen molar-refractivity contribution in [2.24, 2.45) is 5.41 Å². The molecule has 1 aromatic carbocycles. The van der Waals surface area contributed by atoms with E-state index in [4.69, 9.17) is 28.5 Å². The lowest BCUT2D eigenvalue weighted by molar-refractivity contribution is -0.397. The summed E-state index contributed by atoms with van der Waals surface area (Å²) in [5.74, 6) is 0.257. The van der Waals surface area contributed by atoms with Crippen molar-refractivity contribution in [3.8, 4) is 5.75 Å². The molecule has 7 nitrogen and oxygen atoms in total. The van der Waals surface area contributed by atoms with Gasteiger partial charge in [-0.2, -0.15) is 5.06 Å². The van der Waals surface area contributed by atoms with Gasteiger partial charge >= 0.3 is 0 Å². The van der Waals surface area contributed by atoms with Gasteiger partial charge in [0, 0.05) is 30.4 Å². The number of ether oxygens (including phenoxy) is 5. The van der Waals surface area contributed by atoms with Gasteiger partial charge in [0.15, 0.2) is 5.79 Å². The van der Waals surface area contributed by atoms with Crippen LogP contribution in [0.4, 0.5) is 0 Å². The Kier molecular flexibility index (Phi) is 11.2. The van der Waals surface area contributed by atoms with E-state index in [1.165, 1.54) is 19.3 Å². The van der Waals surface area contributed by atoms with Gasteiger partial charge < -0.3 is 23.7 Å². The normalized spacial score (nSPS) is 29.9. The summed E-state index contributed by atoms with van der Waals surface area (Å²) in [5, 5.41) is 2.29. The van der Waals surface area contributed by atoms with Gasteiger partial charge in [-0.1, -0.05) is 59.1 Å². The number of rotatable bonds is 16. The van der Waals surface area contributed by atoms with Crippen molar-refractivity contribution in [1.82, 2.24) is 5.06 Å². The third kappa shape index (κ3) is 8.04. The topological polar surface area (TPSA) is 61.9 Å². The second kappa shape index (κ2) is 14.0. The largest absolute Gasteiger partial charge is 0.491 e. The average molecular weight is 576 g/mol. The summed E-state index contributed by atoms with van der Waals surface area (Å²) in [7, 11) is 0. The molecule has 3 aliphatic rings. The van der Waals surface area contributed by atoms with Gasteiger partial charge in [-0.15, -0.1) is 0 Å². The fourth-order valence-electron chi connectivity index (χ4n) is 6.62. The SMILES string of the molecule is CCCCCCOCC1(CC)COC2(CC(C)(C)N(OC(C)c3ccc(OCC4CO4)cc3)C(CC)(CC)C2)OC1. The predicted octanol–water partition coefficient (Wildman–Crippen LogP) is 7.63. The molecule has 7 heteroatoms. The second-order valence-electron chi connectivity index (χ2n) is 13.4. The van der Waals surface area contributed by atoms with Gasteiger partial charge in [0.25, 0.3) is 0 Å². The molecule has 2 unspecified atom stereocenters. The molecule has 1 aromatic rings. The zero-order valence-electron chi connectivity index (χ0n) is 27.0. The van der Waals surface area contributed by atoms with Gasteiger partial charge in [0.2, 0.25) is 0 Å². The highest BCUT2D eigenvalue weighted by Gasteiger charge is 2.59. The minimum atomic E-state index is -0.608. The highest BCUT2D eigenvalue weighted by molar-refractivity contribution is 5.28. The molecule has 0 bridgehead atoms. The smallest absolute Gasteiger partial charge is 0.172 e. The molecule has 2 atom stereocenters. The molecule has 1 spiro atoms. The molecule has 3 aliphatic heterocycles. The zero-order valence-corrected chi connectivity index (χ0v) is 27.0. The molecule has 3 saturated heterocycles. The van der Waals surface area contributed by atoms with E-state index in [0.717, 1.165) is 63.1 Å². The number of hydrogen-bond donors (Lipinski definition) is 0. The maximum absolute atomic E-state index is 6.87. The quantitative estimate of drug-likeness (QED) is 0.148. The minimum absolute atomic E-state index is 0.0784. The Labute approximate surface area is 249 Å². The van der Waals surface area contributed by atoms with Crippen molar-refractivity contribution in [2.45, 2.75) is 135 Å². The summed E-state index contributed by atoms with van der Waals surface area (Å²) < 4.78 is 30.8. The highest BCUT2D eigenvalue weighted by atomic mass is 16.7. The lowest BCUT2D eigenvalue weighted by atomic mass is 9.72. The molecule has 0 aliphatic carbocycles. The molecule has 0 aromatic heterocycles. The van der Waals surface area contributed by atoms with Crippen LogP contribution in [0.15, 0.2) is 24.3 Å². The number of epoxide rings is 1. The standard InChI is InChI=1S/C34H57NO6/c1-8-12-13-14-19-36-24-32(9-2)25-39-34(40-26-32)22-31(6,7)35(33(10-3,11-4)23-34)41-27(5)28-15-17-29(18-16-28)37-20-30-21-38-30/h15-18,27,30H,8-14,19-26H2,1-7H3. The van der Waals surface area contributed by atoms with E-state index in [2.05, 4.69) is 65.7 Å². The van der Waals surface area contributed by atoms with Crippen molar-refractivity contribution in [1.29, 1.82) is 0 Å². The lowest BCUT2D eigenvalue weighted by Gasteiger charge is -2.61. The number of hydrogen-bond acceptors (Lipinski definition) is 7. The number of benzene rings is 1. The summed E-state index contributed by atoms with van der Waals surface area (Å²) in [6.07, 6.45) is 9.47. The molecule has 3 heterocycles. The van der Waals surface area contributed by atoms with Crippen LogP contribution in [0, 0.1) is 5.41 Å². The Morgan fingerprint density at radius 1 is 0.927 bits per heavy atom. The third-order valence-corrected chi connectivity index (χ3v) is 9.63. The van der Waals surface area contributed by atoms with E-state index in [1.54, 1.807) is 0 Å². The molecule has 3 fully saturated rings. The van der Waals surface area contributed by atoms with E-state index in [-0.39, 0.29) is 28.7 Å². The average Bonchev–Trinajstić information content (AvgIpc) is 3.81. The Balaban J connectivity index is 1.40. The number of hydroxylamine groups is 2. The highest BCUT2D eigenvalue weighted by Crippen LogP contribution is 2.52. The number of unbranched alkanes of at least 4 members (excludes halogenated alkanes) is 3. The van der Waals surface area contributed by atoms with Crippen LogP contribution < -0.4 is 4.74 Å². The molecular formula is C34H57NO6. The van der Waals surface area contributed by atoms with Crippen LogP contribution in [-0.4, -0.2) is 67.7 Å². The lowest BCUT2D eigenvalue weighted by Crippen LogP contribution is -2.69. The first kappa shape index (κ1) is 32.7. The van der Waals surface area contributed by atoms with E-state index in [0.29, 0.717) is 26.4 Å². The summed E-state index contributed by atoms with van der Waals surface area (Å²) in [4.78, 5) is 6.87. The Morgan fingerprint density at radius 2 is 1.61 bits per heavy atom. The van der Waals surface area contributed by atoms with E-state index in [9.17, 15) is 0 Å². The van der Waals surface area contributed by atoms with Crippen molar-refractivity contribution in [3.05, 3.63) is 29.8 Å². The van der Waals surface area contributed by atoms with Gasteiger partial charge in [-0.3, -0.25) is 4.84 Å². The third-order valence-electron chi connectivity index (χ3n) is 9.63. The maximum Gasteiger partial charge on any atom is 0.172 e. The molecule has 41 heavy (non-hydrogen) atoms. The number of nitrogens with zero attached hydrogens (tertiary/aromatic N) is 1. The zero-order chi connectivity index (χ0) is 29.6. The van der Waals surface area contributed by atoms with E-state index >= 15 is 0 Å². The Bertz CT molecular complexity index is 918. The first-order valence-corrected chi connectivity index (χ1v) is 16.3. The second-order valence-corrected chi connectivity index (χ2v) is 13.4.